The molecular formula is C18H27NO2. The Labute approximate surface area is 128 Å². The first kappa shape index (κ1) is 15.9. The van der Waals surface area contributed by atoms with Crippen molar-refractivity contribution >= 4 is 11.7 Å². The molecule has 0 atom stereocenters. The molecule has 0 unspecified atom stereocenters. The Morgan fingerprint density at radius 1 is 1.14 bits per heavy atom. The van der Waals surface area contributed by atoms with Gasteiger partial charge in [-0.25, -0.2) is 0 Å². The minimum absolute atomic E-state index is 0.207. The maximum atomic E-state index is 10.9. The summed E-state index contributed by atoms with van der Waals surface area (Å²) in [6, 6.07) is 8.42. The van der Waals surface area contributed by atoms with Crippen LogP contribution in [0.15, 0.2) is 24.3 Å². The summed E-state index contributed by atoms with van der Waals surface area (Å²) in [4.78, 5) is 13.1. The Hall–Kier alpha value is -1.51. The molecule has 3 nitrogen and oxygen atoms in total. The SMILES string of the molecule is Cc1ccc(N(CCC(=O)O)CCC2CCCCC2)cc1. The number of hydrogen-bond donors (Lipinski definition) is 1. The van der Waals surface area contributed by atoms with Crippen molar-refractivity contribution < 1.29 is 9.90 Å². The van der Waals surface area contributed by atoms with E-state index in [1.54, 1.807) is 0 Å². The molecule has 0 radical (unpaired) electrons. The molecule has 1 aliphatic carbocycles. The molecule has 21 heavy (non-hydrogen) atoms. The van der Waals surface area contributed by atoms with Gasteiger partial charge in [0.05, 0.1) is 6.42 Å². The summed E-state index contributed by atoms with van der Waals surface area (Å²) >= 11 is 0. The topological polar surface area (TPSA) is 40.5 Å². The number of carbonyl (C=O) groups is 1. The van der Waals surface area contributed by atoms with Crippen LogP contribution >= 0.6 is 0 Å². The summed E-state index contributed by atoms with van der Waals surface area (Å²) in [7, 11) is 0. The normalized spacial score (nSPS) is 15.9. The first-order chi connectivity index (χ1) is 10.1. The average molecular weight is 289 g/mol. The van der Waals surface area contributed by atoms with Gasteiger partial charge in [0.1, 0.15) is 0 Å². The van der Waals surface area contributed by atoms with Crippen molar-refractivity contribution in [1.82, 2.24) is 0 Å². The lowest BCUT2D eigenvalue weighted by Crippen LogP contribution is -2.29. The first-order valence-corrected chi connectivity index (χ1v) is 8.18. The highest BCUT2D eigenvalue weighted by Crippen LogP contribution is 2.27. The van der Waals surface area contributed by atoms with Crippen molar-refractivity contribution in [1.29, 1.82) is 0 Å². The number of hydrogen-bond acceptors (Lipinski definition) is 2. The molecule has 1 aliphatic rings. The molecule has 0 amide bonds. The van der Waals surface area contributed by atoms with Crippen LogP contribution in [0.2, 0.25) is 0 Å². The predicted molar refractivity (Wildman–Crippen MR) is 86.8 cm³/mol. The number of anilines is 1. The van der Waals surface area contributed by atoms with Crippen LogP contribution in [-0.4, -0.2) is 24.2 Å². The molecular weight excluding hydrogens is 262 g/mol. The fraction of sp³-hybridized carbons (Fsp3) is 0.611. The zero-order valence-electron chi connectivity index (χ0n) is 13.1. The van der Waals surface area contributed by atoms with Crippen LogP contribution < -0.4 is 4.90 Å². The molecule has 1 aromatic carbocycles. The van der Waals surface area contributed by atoms with Gasteiger partial charge in [0.2, 0.25) is 0 Å². The van der Waals surface area contributed by atoms with Crippen molar-refractivity contribution in [3.63, 3.8) is 0 Å². The van der Waals surface area contributed by atoms with Crippen molar-refractivity contribution in [2.24, 2.45) is 5.92 Å². The smallest absolute Gasteiger partial charge is 0.305 e. The molecule has 0 aromatic heterocycles. The van der Waals surface area contributed by atoms with E-state index in [1.165, 1.54) is 44.1 Å². The van der Waals surface area contributed by atoms with E-state index in [2.05, 4.69) is 36.1 Å². The van der Waals surface area contributed by atoms with Crippen molar-refractivity contribution in [3.05, 3.63) is 29.8 Å². The number of benzene rings is 1. The standard InChI is InChI=1S/C18H27NO2/c1-15-7-9-17(10-8-15)19(14-12-18(20)21)13-11-16-5-3-2-4-6-16/h7-10,16H,2-6,11-14H2,1H3,(H,20,21). The highest BCUT2D eigenvalue weighted by Gasteiger charge is 2.16. The van der Waals surface area contributed by atoms with Crippen LogP contribution in [0.4, 0.5) is 5.69 Å². The van der Waals surface area contributed by atoms with Gasteiger partial charge < -0.3 is 10.0 Å². The van der Waals surface area contributed by atoms with Crippen LogP contribution in [0, 0.1) is 12.8 Å². The number of carboxylic acids is 1. The zero-order chi connectivity index (χ0) is 15.1. The molecule has 1 N–H and O–H groups in total. The third-order valence-electron chi connectivity index (χ3n) is 4.53. The Kier molecular flexibility index (Phi) is 6.09. The fourth-order valence-corrected chi connectivity index (χ4v) is 3.17. The molecule has 0 heterocycles. The van der Waals surface area contributed by atoms with Crippen LogP contribution in [-0.2, 0) is 4.79 Å². The van der Waals surface area contributed by atoms with E-state index in [-0.39, 0.29) is 6.42 Å². The minimum atomic E-state index is -0.718. The average Bonchev–Trinajstić information content (AvgIpc) is 2.49. The van der Waals surface area contributed by atoms with E-state index in [0.29, 0.717) is 6.54 Å². The summed E-state index contributed by atoms with van der Waals surface area (Å²) in [5, 5.41) is 8.94. The maximum Gasteiger partial charge on any atom is 0.305 e. The second-order valence-corrected chi connectivity index (χ2v) is 6.26. The molecule has 1 fully saturated rings. The largest absolute Gasteiger partial charge is 0.481 e. The van der Waals surface area contributed by atoms with Gasteiger partial charge in [-0.2, -0.15) is 0 Å². The van der Waals surface area contributed by atoms with Gasteiger partial charge in [-0.05, 0) is 31.4 Å². The lowest BCUT2D eigenvalue weighted by molar-refractivity contribution is -0.136. The van der Waals surface area contributed by atoms with Crippen LogP contribution in [0.1, 0.15) is 50.5 Å². The number of aliphatic carboxylic acids is 1. The zero-order valence-corrected chi connectivity index (χ0v) is 13.1. The third kappa shape index (κ3) is 5.41. The van der Waals surface area contributed by atoms with E-state index < -0.39 is 5.97 Å². The second kappa shape index (κ2) is 8.06. The molecule has 116 valence electrons. The third-order valence-corrected chi connectivity index (χ3v) is 4.53. The number of aryl methyl sites for hydroxylation is 1. The second-order valence-electron chi connectivity index (χ2n) is 6.26. The molecule has 3 heteroatoms. The number of nitrogens with zero attached hydrogens (tertiary/aromatic N) is 1. The van der Waals surface area contributed by atoms with Crippen molar-refractivity contribution in [3.8, 4) is 0 Å². The van der Waals surface area contributed by atoms with E-state index >= 15 is 0 Å². The molecule has 0 bridgehead atoms. The lowest BCUT2D eigenvalue weighted by atomic mass is 9.87. The predicted octanol–water partition coefficient (Wildman–Crippen LogP) is 4.25. The molecule has 2 rings (SSSR count). The Morgan fingerprint density at radius 2 is 1.81 bits per heavy atom. The quantitative estimate of drug-likeness (QED) is 0.816. The summed E-state index contributed by atoms with van der Waals surface area (Å²) < 4.78 is 0. The molecule has 0 aliphatic heterocycles. The molecule has 0 saturated heterocycles. The number of rotatable bonds is 7. The summed E-state index contributed by atoms with van der Waals surface area (Å²) in [5.74, 6) is 0.112. The van der Waals surface area contributed by atoms with Crippen LogP contribution in [0.25, 0.3) is 0 Å². The highest BCUT2D eigenvalue weighted by molar-refractivity contribution is 5.67. The van der Waals surface area contributed by atoms with Gasteiger partial charge in [0, 0.05) is 18.8 Å². The fourth-order valence-electron chi connectivity index (χ4n) is 3.17. The molecule has 1 saturated carbocycles. The number of carboxylic acid groups (broad SMARTS) is 1. The van der Waals surface area contributed by atoms with Gasteiger partial charge in [-0.15, -0.1) is 0 Å². The summed E-state index contributed by atoms with van der Waals surface area (Å²) in [5.41, 5.74) is 2.39. The Morgan fingerprint density at radius 3 is 2.43 bits per heavy atom. The Balaban J connectivity index is 1.93. The van der Waals surface area contributed by atoms with E-state index in [0.717, 1.165) is 18.2 Å². The Bertz CT molecular complexity index is 435. The van der Waals surface area contributed by atoms with E-state index in [1.807, 2.05) is 0 Å². The first-order valence-electron chi connectivity index (χ1n) is 8.18. The summed E-state index contributed by atoms with van der Waals surface area (Å²) in [6.45, 7) is 3.65. The minimum Gasteiger partial charge on any atom is -0.481 e. The maximum absolute atomic E-state index is 10.9. The van der Waals surface area contributed by atoms with Gasteiger partial charge in [-0.3, -0.25) is 4.79 Å². The van der Waals surface area contributed by atoms with Crippen LogP contribution in [0.5, 0.6) is 0 Å². The molecule has 1 aromatic rings. The van der Waals surface area contributed by atoms with Crippen molar-refractivity contribution in [2.75, 3.05) is 18.0 Å². The van der Waals surface area contributed by atoms with Gasteiger partial charge in [0.15, 0.2) is 0 Å². The molecule has 0 spiro atoms. The monoisotopic (exact) mass is 289 g/mol. The van der Waals surface area contributed by atoms with Gasteiger partial charge >= 0.3 is 5.97 Å². The van der Waals surface area contributed by atoms with E-state index in [9.17, 15) is 4.79 Å². The van der Waals surface area contributed by atoms with E-state index in [4.69, 9.17) is 5.11 Å². The van der Waals surface area contributed by atoms with Crippen molar-refractivity contribution in [2.45, 2.75) is 51.9 Å². The highest BCUT2D eigenvalue weighted by atomic mass is 16.4. The van der Waals surface area contributed by atoms with Crippen LogP contribution in [0.3, 0.4) is 0 Å². The van der Waals surface area contributed by atoms with Gasteiger partial charge in [0.25, 0.3) is 0 Å². The summed E-state index contributed by atoms with van der Waals surface area (Å²) in [6.07, 6.45) is 8.21. The van der Waals surface area contributed by atoms with Gasteiger partial charge in [-0.1, -0.05) is 49.8 Å². The lowest BCUT2D eigenvalue weighted by Gasteiger charge is -2.28.